The van der Waals surface area contributed by atoms with Crippen LogP contribution in [-0.4, -0.2) is 18.7 Å². The minimum atomic E-state index is -0.649. The van der Waals surface area contributed by atoms with E-state index < -0.39 is 6.10 Å². The molecule has 1 fully saturated rings. The number of esters is 1. The van der Waals surface area contributed by atoms with E-state index in [2.05, 4.69) is 24.3 Å². The Labute approximate surface area is 150 Å². The summed E-state index contributed by atoms with van der Waals surface area (Å²) in [6, 6.07) is 20.0. The van der Waals surface area contributed by atoms with Crippen molar-refractivity contribution in [3.8, 4) is 0 Å². The highest BCUT2D eigenvalue weighted by Crippen LogP contribution is 2.36. The van der Waals surface area contributed by atoms with Crippen molar-refractivity contribution < 1.29 is 14.3 Å². The lowest BCUT2D eigenvalue weighted by molar-refractivity contribution is -0.165. The number of hydrogen-bond acceptors (Lipinski definition) is 3. The van der Waals surface area contributed by atoms with Crippen LogP contribution in [0.3, 0.4) is 0 Å². The maximum absolute atomic E-state index is 12.8. The van der Waals surface area contributed by atoms with Crippen LogP contribution < -0.4 is 0 Å². The molecule has 25 heavy (non-hydrogen) atoms. The van der Waals surface area contributed by atoms with Crippen LogP contribution in [0.25, 0.3) is 0 Å². The molecule has 0 radical (unpaired) electrons. The zero-order valence-electron chi connectivity index (χ0n) is 14.8. The number of carbonyl (C=O) groups excluding carboxylic acids is 1. The van der Waals surface area contributed by atoms with Gasteiger partial charge in [-0.05, 0) is 37.3 Å². The van der Waals surface area contributed by atoms with Crippen molar-refractivity contribution in [2.75, 3.05) is 6.61 Å². The Bertz CT molecular complexity index is 653. The Hall–Kier alpha value is -2.13. The maximum atomic E-state index is 12.8. The van der Waals surface area contributed by atoms with Gasteiger partial charge in [0.05, 0.1) is 0 Å². The molecule has 2 aromatic rings. The second-order valence-corrected chi connectivity index (χ2v) is 6.52. The molecule has 3 atom stereocenters. The highest BCUT2D eigenvalue weighted by atomic mass is 16.6. The third-order valence-corrected chi connectivity index (χ3v) is 4.85. The average Bonchev–Trinajstić information content (AvgIpc) is 2.68. The molecule has 1 saturated carbocycles. The van der Waals surface area contributed by atoms with E-state index in [0.29, 0.717) is 6.61 Å². The van der Waals surface area contributed by atoms with E-state index in [0.717, 1.165) is 24.8 Å². The molecule has 3 rings (SSSR count). The van der Waals surface area contributed by atoms with Gasteiger partial charge in [0.1, 0.15) is 6.10 Å². The van der Waals surface area contributed by atoms with Gasteiger partial charge >= 0.3 is 5.97 Å². The smallest absolute Gasteiger partial charge is 0.340 e. The Morgan fingerprint density at radius 2 is 1.64 bits per heavy atom. The quantitative estimate of drug-likeness (QED) is 0.693. The number of benzene rings is 2. The molecule has 0 heterocycles. The average molecular weight is 338 g/mol. The van der Waals surface area contributed by atoms with Crippen LogP contribution in [-0.2, 0) is 14.3 Å². The summed E-state index contributed by atoms with van der Waals surface area (Å²) in [5, 5.41) is 0. The van der Waals surface area contributed by atoms with E-state index in [9.17, 15) is 4.79 Å². The summed E-state index contributed by atoms with van der Waals surface area (Å²) in [5.74, 6) is -0.00201. The van der Waals surface area contributed by atoms with Crippen LogP contribution >= 0.6 is 0 Å². The van der Waals surface area contributed by atoms with E-state index in [1.54, 1.807) is 0 Å². The molecule has 0 amide bonds. The van der Waals surface area contributed by atoms with E-state index in [1.807, 2.05) is 43.3 Å². The molecule has 1 aliphatic carbocycles. The van der Waals surface area contributed by atoms with Crippen molar-refractivity contribution in [2.24, 2.45) is 0 Å². The summed E-state index contributed by atoms with van der Waals surface area (Å²) in [6.07, 6.45) is 3.54. The van der Waals surface area contributed by atoms with Gasteiger partial charge in [-0.1, -0.05) is 67.1 Å². The summed E-state index contributed by atoms with van der Waals surface area (Å²) >= 11 is 0. The largest absolute Gasteiger partial charge is 0.460 e. The first kappa shape index (κ1) is 17.7. The van der Waals surface area contributed by atoms with Crippen molar-refractivity contribution in [3.63, 3.8) is 0 Å². The summed E-state index contributed by atoms with van der Waals surface area (Å²) in [4.78, 5) is 12.8. The summed E-state index contributed by atoms with van der Waals surface area (Å²) in [7, 11) is 0. The molecule has 132 valence electrons. The zero-order chi connectivity index (χ0) is 17.5. The molecular formula is C22H26O3. The first-order valence-corrected chi connectivity index (χ1v) is 9.21. The van der Waals surface area contributed by atoms with Gasteiger partial charge in [-0.15, -0.1) is 0 Å². The highest BCUT2D eigenvalue weighted by molar-refractivity contribution is 5.76. The number of rotatable bonds is 6. The van der Waals surface area contributed by atoms with Gasteiger partial charge in [-0.2, -0.15) is 0 Å². The fourth-order valence-corrected chi connectivity index (χ4v) is 3.63. The van der Waals surface area contributed by atoms with Gasteiger partial charge in [-0.25, -0.2) is 4.79 Å². The first-order valence-electron chi connectivity index (χ1n) is 9.21. The Morgan fingerprint density at radius 3 is 2.32 bits per heavy atom. The van der Waals surface area contributed by atoms with Crippen molar-refractivity contribution in [1.29, 1.82) is 0 Å². The van der Waals surface area contributed by atoms with Gasteiger partial charge in [-0.3, -0.25) is 0 Å². The van der Waals surface area contributed by atoms with Crippen LogP contribution in [0.5, 0.6) is 0 Å². The van der Waals surface area contributed by atoms with Crippen LogP contribution in [0.15, 0.2) is 60.7 Å². The van der Waals surface area contributed by atoms with Crippen LogP contribution in [0, 0.1) is 0 Å². The zero-order valence-corrected chi connectivity index (χ0v) is 14.8. The minimum Gasteiger partial charge on any atom is -0.460 e. The Morgan fingerprint density at radius 1 is 1.00 bits per heavy atom. The highest BCUT2D eigenvalue weighted by Gasteiger charge is 2.32. The van der Waals surface area contributed by atoms with Gasteiger partial charge in [0, 0.05) is 12.5 Å². The van der Waals surface area contributed by atoms with E-state index >= 15 is 0 Å². The molecule has 3 heteroatoms. The summed E-state index contributed by atoms with van der Waals surface area (Å²) in [5.41, 5.74) is 2.11. The second-order valence-electron chi connectivity index (χ2n) is 6.52. The monoisotopic (exact) mass is 338 g/mol. The topological polar surface area (TPSA) is 35.5 Å². The number of hydrogen-bond donors (Lipinski definition) is 0. The van der Waals surface area contributed by atoms with E-state index in [-0.39, 0.29) is 18.0 Å². The molecule has 2 aromatic carbocycles. The van der Waals surface area contributed by atoms with E-state index in [4.69, 9.17) is 9.47 Å². The molecule has 0 saturated heterocycles. The van der Waals surface area contributed by atoms with Crippen molar-refractivity contribution in [1.82, 2.24) is 0 Å². The van der Waals surface area contributed by atoms with Gasteiger partial charge in [0.25, 0.3) is 0 Å². The first-order chi connectivity index (χ1) is 12.3. The summed E-state index contributed by atoms with van der Waals surface area (Å²) < 4.78 is 11.7. The van der Waals surface area contributed by atoms with Crippen LogP contribution in [0.2, 0.25) is 0 Å². The lowest BCUT2D eigenvalue weighted by Crippen LogP contribution is -2.31. The fourth-order valence-electron chi connectivity index (χ4n) is 3.63. The standard InChI is InChI=1S/C22H26O3/c1-2-24-21(18-13-7-4-8-14-18)22(23)25-20-16-10-9-15-19(20)17-11-5-3-6-12-17/h3-8,11-14,19-21H,2,9-10,15-16H2,1H3/t19-,20+,21?/m0/s1. The van der Waals surface area contributed by atoms with Crippen molar-refractivity contribution >= 4 is 5.97 Å². The lowest BCUT2D eigenvalue weighted by Gasteiger charge is -2.32. The van der Waals surface area contributed by atoms with Gasteiger partial charge < -0.3 is 9.47 Å². The molecular weight excluding hydrogens is 312 g/mol. The van der Waals surface area contributed by atoms with E-state index in [1.165, 1.54) is 12.0 Å². The normalized spacial score (nSPS) is 21.5. The molecule has 0 bridgehead atoms. The van der Waals surface area contributed by atoms with Crippen molar-refractivity contribution in [3.05, 3.63) is 71.8 Å². The molecule has 1 aliphatic rings. The Balaban J connectivity index is 1.75. The molecule has 0 N–H and O–H groups in total. The Kier molecular flexibility index (Phi) is 6.24. The molecule has 0 aromatic heterocycles. The lowest BCUT2D eigenvalue weighted by atomic mass is 9.81. The minimum absolute atomic E-state index is 0.0738. The number of carbonyl (C=O) groups is 1. The van der Waals surface area contributed by atoms with Crippen LogP contribution in [0.1, 0.15) is 55.8 Å². The molecule has 0 aliphatic heterocycles. The summed E-state index contributed by atoms with van der Waals surface area (Å²) in [6.45, 7) is 2.37. The predicted molar refractivity (Wildman–Crippen MR) is 98.3 cm³/mol. The predicted octanol–water partition coefficient (Wildman–Crippen LogP) is 5.03. The molecule has 0 spiro atoms. The third-order valence-electron chi connectivity index (χ3n) is 4.85. The number of ether oxygens (including phenoxy) is 2. The molecule has 3 nitrogen and oxygen atoms in total. The molecule has 1 unspecified atom stereocenters. The van der Waals surface area contributed by atoms with Gasteiger partial charge in [0.15, 0.2) is 6.10 Å². The second kappa shape index (κ2) is 8.82. The fraction of sp³-hybridized carbons (Fsp3) is 0.409. The maximum Gasteiger partial charge on any atom is 0.340 e. The van der Waals surface area contributed by atoms with Crippen LogP contribution in [0.4, 0.5) is 0 Å². The SMILES string of the molecule is CCOC(C(=O)O[C@@H]1CCCC[C@H]1c1ccccc1)c1ccccc1. The van der Waals surface area contributed by atoms with Crippen molar-refractivity contribution in [2.45, 2.75) is 50.7 Å². The van der Waals surface area contributed by atoms with Gasteiger partial charge in [0.2, 0.25) is 0 Å². The third kappa shape index (κ3) is 4.49.